The molecule has 0 aromatic carbocycles. The quantitative estimate of drug-likeness (QED) is 0.832. The standard InChI is InChI=1S/C10H13N3O2S/c14-9(15)7-5-11-10(12-6-7)13-8-1-3-16-4-2-8/h5-6,8H,1-4H2,(H,14,15)(H,11,12,13). The van der Waals surface area contributed by atoms with Crippen molar-refractivity contribution in [3.8, 4) is 0 Å². The van der Waals surface area contributed by atoms with Crippen molar-refractivity contribution in [1.29, 1.82) is 0 Å². The summed E-state index contributed by atoms with van der Waals surface area (Å²) in [4.78, 5) is 18.6. The molecule has 16 heavy (non-hydrogen) atoms. The molecule has 2 rings (SSSR count). The van der Waals surface area contributed by atoms with E-state index in [0.717, 1.165) is 24.3 Å². The number of rotatable bonds is 3. The van der Waals surface area contributed by atoms with Gasteiger partial charge in [-0.1, -0.05) is 0 Å². The Morgan fingerprint density at radius 3 is 2.56 bits per heavy atom. The van der Waals surface area contributed by atoms with Gasteiger partial charge in [0.1, 0.15) is 0 Å². The van der Waals surface area contributed by atoms with Crippen molar-refractivity contribution in [3.63, 3.8) is 0 Å². The summed E-state index contributed by atoms with van der Waals surface area (Å²) in [5, 5.41) is 11.9. The van der Waals surface area contributed by atoms with Crippen LogP contribution in [-0.4, -0.2) is 38.6 Å². The Labute approximate surface area is 97.7 Å². The Hall–Kier alpha value is -1.30. The van der Waals surface area contributed by atoms with E-state index in [4.69, 9.17) is 5.11 Å². The lowest BCUT2D eigenvalue weighted by Gasteiger charge is -2.22. The number of nitrogens with one attached hydrogen (secondary N) is 1. The first kappa shape index (κ1) is 11.2. The van der Waals surface area contributed by atoms with Crippen molar-refractivity contribution in [2.45, 2.75) is 18.9 Å². The molecule has 86 valence electrons. The van der Waals surface area contributed by atoms with Crippen molar-refractivity contribution in [1.82, 2.24) is 9.97 Å². The van der Waals surface area contributed by atoms with Crippen LogP contribution in [-0.2, 0) is 0 Å². The number of aromatic carboxylic acids is 1. The minimum absolute atomic E-state index is 0.116. The SMILES string of the molecule is O=C(O)c1cnc(NC2CCSCC2)nc1. The molecule has 1 aliphatic rings. The maximum atomic E-state index is 10.6. The molecule has 5 nitrogen and oxygen atoms in total. The Morgan fingerprint density at radius 2 is 2.00 bits per heavy atom. The van der Waals surface area contributed by atoms with Crippen molar-refractivity contribution in [2.24, 2.45) is 0 Å². The summed E-state index contributed by atoms with van der Waals surface area (Å²) in [6.07, 6.45) is 4.87. The highest BCUT2D eigenvalue weighted by Crippen LogP contribution is 2.19. The maximum absolute atomic E-state index is 10.6. The van der Waals surface area contributed by atoms with Gasteiger partial charge in [-0.05, 0) is 24.3 Å². The van der Waals surface area contributed by atoms with E-state index in [0.29, 0.717) is 12.0 Å². The van der Waals surface area contributed by atoms with Crippen LogP contribution in [0.5, 0.6) is 0 Å². The summed E-state index contributed by atoms with van der Waals surface area (Å²) in [5.74, 6) is 1.83. The van der Waals surface area contributed by atoms with Crippen molar-refractivity contribution in [2.75, 3.05) is 16.8 Å². The second-order valence-electron chi connectivity index (χ2n) is 3.63. The number of thioether (sulfide) groups is 1. The number of aromatic nitrogens is 2. The molecule has 0 radical (unpaired) electrons. The minimum atomic E-state index is -0.999. The molecule has 1 aromatic heterocycles. The lowest BCUT2D eigenvalue weighted by molar-refractivity contribution is 0.0696. The number of carboxylic acid groups (broad SMARTS) is 1. The van der Waals surface area contributed by atoms with Gasteiger partial charge in [-0.25, -0.2) is 14.8 Å². The summed E-state index contributed by atoms with van der Waals surface area (Å²) in [6, 6.07) is 0.414. The van der Waals surface area contributed by atoms with E-state index < -0.39 is 5.97 Å². The van der Waals surface area contributed by atoms with E-state index in [9.17, 15) is 4.79 Å². The van der Waals surface area contributed by atoms with Gasteiger partial charge >= 0.3 is 5.97 Å². The fraction of sp³-hybridized carbons (Fsp3) is 0.500. The van der Waals surface area contributed by atoms with Gasteiger partial charge in [0, 0.05) is 18.4 Å². The van der Waals surface area contributed by atoms with Crippen LogP contribution in [0.2, 0.25) is 0 Å². The number of nitrogens with zero attached hydrogens (tertiary/aromatic N) is 2. The number of hydrogen-bond acceptors (Lipinski definition) is 5. The van der Waals surface area contributed by atoms with Crippen molar-refractivity contribution in [3.05, 3.63) is 18.0 Å². The largest absolute Gasteiger partial charge is 0.478 e. The van der Waals surface area contributed by atoms with E-state index >= 15 is 0 Å². The zero-order valence-corrected chi connectivity index (χ0v) is 9.54. The van der Waals surface area contributed by atoms with Crippen LogP contribution in [0.15, 0.2) is 12.4 Å². The maximum Gasteiger partial charge on any atom is 0.338 e. The Morgan fingerprint density at radius 1 is 1.38 bits per heavy atom. The molecule has 1 saturated heterocycles. The van der Waals surface area contributed by atoms with Crippen LogP contribution in [0.25, 0.3) is 0 Å². The van der Waals surface area contributed by atoms with Gasteiger partial charge in [-0.15, -0.1) is 0 Å². The van der Waals surface area contributed by atoms with E-state index in [1.165, 1.54) is 12.4 Å². The van der Waals surface area contributed by atoms with E-state index in [1.807, 2.05) is 11.8 Å². The fourth-order valence-corrected chi connectivity index (χ4v) is 2.64. The predicted molar refractivity (Wildman–Crippen MR) is 63.0 cm³/mol. The summed E-state index contributed by atoms with van der Waals surface area (Å²) in [7, 11) is 0. The third-order valence-corrected chi connectivity index (χ3v) is 3.50. The zero-order valence-electron chi connectivity index (χ0n) is 8.72. The zero-order chi connectivity index (χ0) is 11.4. The van der Waals surface area contributed by atoms with Crippen LogP contribution in [0.4, 0.5) is 5.95 Å². The first-order valence-electron chi connectivity index (χ1n) is 5.15. The van der Waals surface area contributed by atoms with E-state index in [1.54, 1.807) is 0 Å². The molecule has 0 aliphatic carbocycles. The Balaban J connectivity index is 1.96. The first-order chi connectivity index (χ1) is 7.75. The first-order valence-corrected chi connectivity index (χ1v) is 6.31. The summed E-state index contributed by atoms with van der Waals surface area (Å²) < 4.78 is 0. The number of carboxylic acids is 1. The van der Waals surface area contributed by atoms with Gasteiger partial charge in [0.05, 0.1) is 5.56 Å². The van der Waals surface area contributed by atoms with Crippen molar-refractivity contribution < 1.29 is 9.90 Å². The summed E-state index contributed by atoms with van der Waals surface area (Å²) in [5.41, 5.74) is 0.116. The molecule has 0 spiro atoms. The second-order valence-corrected chi connectivity index (χ2v) is 4.86. The highest BCUT2D eigenvalue weighted by molar-refractivity contribution is 7.99. The fourth-order valence-electron chi connectivity index (χ4n) is 1.54. The molecule has 6 heteroatoms. The number of carbonyl (C=O) groups is 1. The third kappa shape index (κ3) is 2.85. The average Bonchev–Trinajstić information content (AvgIpc) is 2.31. The van der Waals surface area contributed by atoms with Crippen LogP contribution >= 0.6 is 11.8 Å². The van der Waals surface area contributed by atoms with Crippen LogP contribution in [0, 0.1) is 0 Å². The van der Waals surface area contributed by atoms with Gasteiger partial charge in [-0.3, -0.25) is 0 Å². The monoisotopic (exact) mass is 239 g/mol. The topological polar surface area (TPSA) is 75.1 Å². The molecular weight excluding hydrogens is 226 g/mol. The molecule has 1 fully saturated rings. The second kappa shape index (κ2) is 5.16. The predicted octanol–water partition coefficient (Wildman–Crippen LogP) is 1.48. The Kier molecular flexibility index (Phi) is 3.61. The van der Waals surface area contributed by atoms with Gasteiger partial charge in [0.25, 0.3) is 0 Å². The smallest absolute Gasteiger partial charge is 0.338 e. The molecule has 0 bridgehead atoms. The molecule has 0 atom stereocenters. The van der Waals surface area contributed by atoms with E-state index in [2.05, 4.69) is 15.3 Å². The third-order valence-electron chi connectivity index (χ3n) is 2.45. The van der Waals surface area contributed by atoms with Gasteiger partial charge in [0.2, 0.25) is 5.95 Å². The summed E-state index contributed by atoms with van der Waals surface area (Å²) >= 11 is 1.96. The lowest BCUT2D eigenvalue weighted by Crippen LogP contribution is -2.25. The van der Waals surface area contributed by atoms with Crippen LogP contribution in [0.3, 0.4) is 0 Å². The highest BCUT2D eigenvalue weighted by atomic mass is 32.2. The molecule has 2 N–H and O–H groups in total. The molecule has 2 heterocycles. The lowest BCUT2D eigenvalue weighted by atomic mass is 10.2. The van der Waals surface area contributed by atoms with Crippen LogP contribution < -0.4 is 5.32 Å². The van der Waals surface area contributed by atoms with Gasteiger partial charge in [-0.2, -0.15) is 11.8 Å². The Bertz CT molecular complexity index is 363. The molecule has 1 aliphatic heterocycles. The van der Waals surface area contributed by atoms with E-state index in [-0.39, 0.29) is 5.56 Å². The normalized spacial score (nSPS) is 17.0. The molecule has 0 amide bonds. The van der Waals surface area contributed by atoms with Crippen LogP contribution in [0.1, 0.15) is 23.2 Å². The van der Waals surface area contributed by atoms with Crippen molar-refractivity contribution >= 4 is 23.7 Å². The molecular formula is C10H13N3O2S. The molecule has 0 saturated carbocycles. The molecule has 1 aromatic rings. The average molecular weight is 239 g/mol. The number of hydrogen-bond donors (Lipinski definition) is 2. The number of anilines is 1. The molecule has 0 unspecified atom stereocenters. The van der Waals surface area contributed by atoms with Gasteiger partial charge in [0.15, 0.2) is 0 Å². The minimum Gasteiger partial charge on any atom is -0.478 e. The highest BCUT2D eigenvalue weighted by Gasteiger charge is 2.14. The summed E-state index contributed by atoms with van der Waals surface area (Å²) in [6.45, 7) is 0. The van der Waals surface area contributed by atoms with Gasteiger partial charge < -0.3 is 10.4 Å².